The summed E-state index contributed by atoms with van der Waals surface area (Å²) in [6.07, 6.45) is 4.33. The van der Waals surface area contributed by atoms with Crippen LogP contribution in [0.25, 0.3) is 11.0 Å². The summed E-state index contributed by atoms with van der Waals surface area (Å²) >= 11 is 0. The van der Waals surface area contributed by atoms with E-state index in [4.69, 9.17) is 4.42 Å². The van der Waals surface area contributed by atoms with Crippen molar-refractivity contribution in [2.45, 2.75) is 45.7 Å². The number of benzene rings is 1. The van der Waals surface area contributed by atoms with E-state index in [1.807, 2.05) is 25.2 Å². The van der Waals surface area contributed by atoms with Crippen molar-refractivity contribution in [3.05, 3.63) is 41.9 Å². The van der Waals surface area contributed by atoms with E-state index in [2.05, 4.69) is 38.1 Å². The van der Waals surface area contributed by atoms with Crippen LogP contribution in [0.3, 0.4) is 0 Å². The maximum Gasteiger partial charge on any atom is 0.236 e. The number of nitrogens with one attached hydrogen (secondary N) is 1. The highest BCUT2D eigenvalue weighted by Gasteiger charge is 2.13. The standard InChI is InChI=1S/C17H23N5O/c1-3-4-5-10-16-20-21-17(23-16)12-22-14-9-7-6-8-13(14)19-15(22)11-18-2/h6-9,18H,3-5,10-12H2,1-2H3. The van der Waals surface area contributed by atoms with Crippen molar-refractivity contribution in [1.82, 2.24) is 25.1 Å². The fourth-order valence-corrected chi connectivity index (χ4v) is 2.71. The van der Waals surface area contributed by atoms with Gasteiger partial charge in [0.05, 0.1) is 17.6 Å². The predicted octanol–water partition coefficient (Wildman–Crippen LogP) is 2.92. The number of nitrogens with zero attached hydrogens (tertiary/aromatic N) is 4. The van der Waals surface area contributed by atoms with Gasteiger partial charge in [0, 0.05) is 6.42 Å². The number of fused-ring (bicyclic) bond motifs is 1. The zero-order valence-electron chi connectivity index (χ0n) is 13.7. The molecule has 0 aliphatic rings. The molecule has 0 aliphatic carbocycles. The number of hydrogen-bond acceptors (Lipinski definition) is 5. The molecule has 0 atom stereocenters. The zero-order valence-corrected chi connectivity index (χ0v) is 13.7. The molecule has 1 N–H and O–H groups in total. The Morgan fingerprint density at radius 2 is 1.96 bits per heavy atom. The molecule has 1 aromatic carbocycles. The third-order valence-electron chi connectivity index (χ3n) is 3.86. The summed E-state index contributed by atoms with van der Waals surface area (Å²) in [4.78, 5) is 4.68. The van der Waals surface area contributed by atoms with Crippen molar-refractivity contribution < 1.29 is 4.42 Å². The zero-order chi connectivity index (χ0) is 16.1. The first-order valence-corrected chi connectivity index (χ1v) is 8.21. The molecule has 0 radical (unpaired) electrons. The van der Waals surface area contributed by atoms with Crippen LogP contribution in [0.1, 0.15) is 43.8 Å². The van der Waals surface area contributed by atoms with Crippen LogP contribution in [0.15, 0.2) is 28.7 Å². The van der Waals surface area contributed by atoms with Crippen LogP contribution >= 0.6 is 0 Å². The second-order valence-electron chi connectivity index (χ2n) is 5.68. The molecular formula is C17H23N5O. The molecule has 2 aromatic heterocycles. The lowest BCUT2D eigenvalue weighted by molar-refractivity contribution is 0.430. The molecule has 0 spiro atoms. The molecule has 0 amide bonds. The topological polar surface area (TPSA) is 68.8 Å². The number of unbranched alkanes of at least 4 members (excludes halogenated alkanes) is 2. The van der Waals surface area contributed by atoms with Gasteiger partial charge in [0.25, 0.3) is 0 Å². The lowest BCUT2D eigenvalue weighted by Gasteiger charge is -2.06. The van der Waals surface area contributed by atoms with Gasteiger partial charge in [-0.1, -0.05) is 31.9 Å². The highest BCUT2D eigenvalue weighted by Crippen LogP contribution is 2.18. The molecule has 23 heavy (non-hydrogen) atoms. The largest absolute Gasteiger partial charge is 0.423 e. The van der Waals surface area contributed by atoms with Crippen molar-refractivity contribution in [3.63, 3.8) is 0 Å². The number of para-hydroxylation sites is 2. The minimum atomic E-state index is 0.554. The summed E-state index contributed by atoms with van der Waals surface area (Å²) in [5.74, 6) is 2.34. The van der Waals surface area contributed by atoms with E-state index in [1.54, 1.807) is 0 Å². The molecule has 6 heteroatoms. The van der Waals surface area contributed by atoms with E-state index in [9.17, 15) is 0 Å². The Labute approximate surface area is 135 Å². The average molecular weight is 313 g/mol. The van der Waals surface area contributed by atoms with Gasteiger partial charge in [-0.05, 0) is 25.6 Å². The van der Waals surface area contributed by atoms with Gasteiger partial charge in [-0.2, -0.15) is 0 Å². The predicted molar refractivity (Wildman–Crippen MR) is 89.1 cm³/mol. The first kappa shape index (κ1) is 15.7. The number of aryl methyl sites for hydroxylation is 1. The summed E-state index contributed by atoms with van der Waals surface area (Å²) in [6.45, 7) is 3.44. The highest BCUT2D eigenvalue weighted by molar-refractivity contribution is 5.75. The molecule has 0 fully saturated rings. The van der Waals surface area contributed by atoms with Crippen LogP contribution in [-0.2, 0) is 19.5 Å². The fourth-order valence-electron chi connectivity index (χ4n) is 2.71. The first-order chi connectivity index (χ1) is 11.3. The number of imidazole rings is 1. The Morgan fingerprint density at radius 1 is 1.13 bits per heavy atom. The van der Waals surface area contributed by atoms with Crippen LogP contribution in [-0.4, -0.2) is 26.8 Å². The average Bonchev–Trinajstić information content (AvgIpc) is 3.14. The monoisotopic (exact) mass is 313 g/mol. The van der Waals surface area contributed by atoms with Gasteiger partial charge < -0.3 is 14.3 Å². The summed E-state index contributed by atoms with van der Waals surface area (Å²) in [6, 6.07) is 8.12. The lowest BCUT2D eigenvalue weighted by atomic mass is 10.2. The van der Waals surface area contributed by atoms with Gasteiger partial charge in [0.15, 0.2) is 0 Å². The molecule has 3 aromatic rings. The van der Waals surface area contributed by atoms with Crippen LogP contribution in [0.2, 0.25) is 0 Å². The van der Waals surface area contributed by atoms with Crippen molar-refractivity contribution in [3.8, 4) is 0 Å². The molecule has 6 nitrogen and oxygen atoms in total. The molecule has 122 valence electrons. The Kier molecular flexibility index (Phi) is 5.02. The SMILES string of the molecule is CCCCCc1nnc(Cn2c(CNC)nc3ccccc32)o1. The normalized spacial score (nSPS) is 11.4. The molecule has 0 bridgehead atoms. The van der Waals surface area contributed by atoms with E-state index < -0.39 is 0 Å². The smallest absolute Gasteiger partial charge is 0.236 e. The third-order valence-corrected chi connectivity index (χ3v) is 3.86. The number of hydrogen-bond donors (Lipinski definition) is 1. The van der Waals surface area contributed by atoms with E-state index in [0.717, 1.165) is 35.6 Å². The Hall–Kier alpha value is -2.21. The van der Waals surface area contributed by atoms with Gasteiger partial charge in [0.2, 0.25) is 11.8 Å². The van der Waals surface area contributed by atoms with Gasteiger partial charge in [-0.3, -0.25) is 0 Å². The molecule has 0 aliphatic heterocycles. The summed E-state index contributed by atoms with van der Waals surface area (Å²) in [7, 11) is 1.92. The fraction of sp³-hybridized carbons (Fsp3) is 0.471. The van der Waals surface area contributed by atoms with Crippen molar-refractivity contribution in [2.24, 2.45) is 0 Å². The highest BCUT2D eigenvalue weighted by atomic mass is 16.4. The molecule has 3 rings (SSSR count). The van der Waals surface area contributed by atoms with Crippen LogP contribution < -0.4 is 5.32 Å². The maximum absolute atomic E-state index is 5.79. The van der Waals surface area contributed by atoms with Crippen molar-refractivity contribution >= 4 is 11.0 Å². The Morgan fingerprint density at radius 3 is 2.78 bits per heavy atom. The van der Waals surface area contributed by atoms with Gasteiger partial charge in [0.1, 0.15) is 12.4 Å². The van der Waals surface area contributed by atoms with Crippen molar-refractivity contribution in [2.75, 3.05) is 7.05 Å². The maximum atomic E-state index is 5.79. The third kappa shape index (κ3) is 3.59. The van der Waals surface area contributed by atoms with E-state index in [-0.39, 0.29) is 0 Å². The van der Waals surface area contributed by atoms with Crippen LogP contribution in [0.4, 0.5) is 0 Å². The van der Waals surface area contributed by atoms with E-state index >= 15 is 0 Å². The van der Waals surface area contributed by atoms with E-state index in [1.165, 1.54) is 12.8 Å². The second-order valence-corrected chi connectivity index (χ2v) is 5.68. The van der Waals surface area contributed by atoms with E-state index in [0.29, 0.717) is 19.0 Å². The molecule has 0 saturated heterocycles. The van der Waals surface area contributed by atoms with Crippen molar-refractivity contribution in [1.29, 1.82) is 0 Å². The molecule has 0 saturated carbocycles. The minimum Gasteiger partial charge on any atom is -0.423 e. The summed E-state index contributed by atoms with van der Waals surface area (Å²) in [5, 5.41) is 11.5. The van der Waals surface area contributed by atoms with Gasteiger partial charge >= 0.3 is 0 Å². The summed E-state index contributed by atoms with van der Waals surface area (Å²) < 4.78 is 7.93. The quantitative estimate of drug-likeness (QED) is 0.648. The minimum absolute atomic E-state index is 0.554. The number of rotatable bonds is 8. The summed E-state index contributed by atoms with van der Waals surface area (Å²) in [5.41, 5.74) is 2.07. The van der Waals surface area contributed by atoms with Crippen LogP contribution in [0.5, 0.6) is 0 Å². The Bertz CT molecular complexity index is 761. The van der Waals surface area contributed by atoms with Crippen LogP contribution in [0, 0.1) is 0 Å². The first-order valence-electron chi connectivity index (χ1n) is 8.21. The molecule has 2 heterocycles. The molecule has 0 unspecified atom stereocenters. The lowest BCUT2D eigenvalue weighted by Crippen LogP contribution is -2.13. The number of aromatic nitrogens is 4. The van der Waals surface area contributed by atoms with Gasteiger partial charge in [-0.25, -0.2) is 4.98 Å². The molecular weight excluding hydrogens is 290 g/mol. The Balaban J connectivity index is 1.81. The second kappa shape index (κ2) is 7.37. The van der Waals surface area contributed by atoms with Gasteiger partial charge in [-0.15, -0.1) is 10.2 Å².